The molecule has 2 atom stereocenters. The molecule has 2 rings (SSSR count). The van der Waals surface area contributed by atoms with Crippen molar-refractivity contribution in [3.63, 3.8) is 0 Å². The van der Waals surface area contributed by atoms with Crippen molar-refractivity contribution in [1.29, 1.82) is 0 Å². The average molecular weight is 246 g/mol. The average Bonchev–Trinajstić information content (AvgIpc) is 2.85. The van der Waals surface area contributed by atoms with Crippen LogP contribution < -0.4 is 5.32 Å². The molecule has 4 nitrogen and oxygen atoms in total. The first-order valence-electron chi connectivity index (χ1n) is 4.96. The van der Waals surface area contributed by atoms with Gasteiger partial charge < -0.3 is 5.32 Å². The number of amides is 1. The van der Waals surface area contributed by atoms with Gasteiger partial charge in [-0.2, -0.15) is 0 Å². The van der Waals surface area contributed by atoms with Gasteiger partial charge in [0.05, 0.1) is 0 Å². The monoisotopic (exact) mass is 245 g/mol. The van der Waals surface area contributed by atoms with Gasteiger partial charge in [-0.15, -0.1) is 16.7 Å². The van der Waals surface area contributed by atoms with Crippen LogP contribution in [-0.2, 0) is 0 Å². The van der Waals surface area contributed by atoms with E-state index in [0.29, 0.717) is 18.2 Å². The highest BCUT2D eigenvalue weighted by atomic mass is 35.5. The number of nitrogens with zero attached hydrogens (tertiary/aromatic N) is 2. The van der Waals surface area contributed by atoms with Crippen molar-refractivity contribution < 1.29 is 4.79 Å². The maximum atomic E-state index is 11.5. The smallest absolute Gasteiger partial charge is 0.272 e. The molecule has 1 saturated carbocycles. The van der Waals surface area contributed by atoms with E-state index in [1.807, 2.05) is 0 Å². The highest BCUT2D eigenvalue weighted by Gasteiger charge is 2.25. The Morgan fingerprint density at radius 1 is 1.67 bits per heavy atom. The number of carbonyl (C=O) groups is 1. The zero-order valence-corrected chi connectivity index (χ0v) is 9.72. The molecule has 0 saturated heterocycles. The number of nitrogens with one attached hydrogen (secondary N) is 1. The third-order valence-electron chi connectivity index (χ3n) is 2.68. The summed E-state index contributed by atoms with van der Waals surface area (Å²) < 4.78 is 3.64. The normalized spacial score (nSPS) is 25.4. The summed E-state index contributed by atoms with van der Waals surface area (Å²) in [6, 6.07) is 0. The van der Waals surface area contributed by atoms with E-state index in [2.05, 4.69) is 14.9 Å². The van der Waals surface area contributed by atoms with Gasteiger partial charge >= 0.3 is 0 Å². The van der Waals surface area contributed by atoms with Gasteiger partial charge in [0.25, 0.3) is 5.91 Å². The summed E-state index contributed by atoms with van der Waals surface area (Å²) >= 11 is 7.29. The van der Waals surface area contributed by atoms with Crippen LogP contribution in [0, 0.1) is 5.92 Å². The van der Waals surface area contributed by atoms with Gasteiger partial charge in [-0.25, -0.2) is 0 Å². The van der Waals surface area contributed by atoms with Crippen LogP contribution >= 0.6 is 23.1 Å². The molecule has 1 amide bonds. The van der Waals surface area contributed by atoms with Crippen molar-refractivity contribution in [2.75, 3.05) is 6.54 Å². The first-order valence-corrected chi connectivity index (χ1v) is 6.24. The second kappa shape index (κ2) is 4.90. The van der Waals surface area contributed by atoms with Crippen molar-refractivity contribution in [3.05, 3.63) is 11.1 Å². The minimum absolute atomic E-state index is 0.153. The summed E-state index contributed by atoms with van der Waals surface area (Å²) in [5, 5.41) is 8.39. The number of carbonyl (C=O) groups excluding carboxylic acids is 1. The fourth-order valence-electron chi connectivity index (χ4n) is 1.80. The van der Waals surface area contributed by atoms with Gasteiger partial charge in [0, 0.05) is 17.3 Å². The minimum Gasteiger partial charge on any atom is -0.350 e. The van der Waals surface area contributed by atoms with Crippen molar-refractivity contribution >= 4 is 29.0 Å². The standard InChI is InChI=1S/C9H12ClN3OS/c10-7-3-1-2-6(7)4-11-9(14)8-5-15-13-12-8/h5-7H,1-4H2,(H,11,14). The molecule has 0 bridgehead atoms. The number of aromatic nitrogens is 2. The van der Waals surface area contributed by atoms with Crippen LogP contribution in [0.15, 0.2) is 5.38 Å². The molecule has 0 aliphatic heterocycles. The zero-order chi connectivity index (χ0) is 10.7. The molecule has 0 aromatic carbocycles. The van der Waals surface area contributed by atoms with E-state index >= 15 is 0 Å². The van der Waals surface area contributed by atoms with E-state index in [4.69, 9.17) is 11.6 Å². The lowest BCUT2D eigenvalue weighted by molar-refractivity contribution is 0.0942. The van der Waals surface area contributed by atoms with Crippen molar-refractivity contribution in [2.45, 2.75) is 24.6 Å². The molecular weight excluding hydrogens is 234 g/mol. The Bertz CT molecular complexity index is 330. The predicted molar refractivity (Wildman–Crippen MR) is 59.2 cm³/mol. The van der Waals surface area contributed by atoms with Crippen LogP contribution in [0.1, 0.15) is 29.8 Å². The van der Waals surface area contributed by atoms with Crippen LogP contribution in [0.2, 0.25) is 0 Å². The Balaban J connectivity index is 1.81. The first-order chi connectivity index (χ1) is 7.27. The summed E-state index contributed by atoms with van der Waals surface area (Å²) in [5.74, 6) is 0.252. The van der Waals surface area contributed by atoms with E-state index in [9.17, 15) is 4.79 Å². The molecule has 1 aliphatic rings. The Morgan fingerprint density at radius 2 is 2.53 bits per heavy atom. The lowest BCUT2D eigenvalue weighted by Crippen LogP contribution is -2.31. The molecule has 6 heteroatoms. The van der Waals surface area contributed by atoms with Crippen LogP contribution in [-0.4, -0.2) is 27.4 Å². The van der Waals surface area contributed by atoms with Crippen LogP contribution in [0.5, 0.6) is 0 Å². The topological polar surface area (TPSA) is 54.9 Å². The van der Waals surface area contributed by atoms with Crippen molar-refractivity contribution in [3.8, 4) is 0 Å². The zero-order valence-electron chi connectivity index (χ0n) is 8.15. The van der Waals surface area contributed by atoms with Gasteiger partial charge in [-0.05, 0) is 30.3 Å². The highest BCUT2D eigenvalue weighted by Crippen LogP contribution is 2.29. The molecule has 1 fully saturated rings. The SMILES string of the molecule is O=C(NCC1CCCC1Cl)c1csnn1. The summed E-state index contributed by atoms with van der Waals surface area (Å²) in [4.78, 5) is 11.5. The summed E-state index contributed by atoms with van der Waals surface area (Å²) in [7, 11) is 0. The van der Waals surface area contributed by atoms with E-state index in [-0.39, 0.29) is 11.3 Å². The molecule has 1 aromatic rings. The molecular formula is C9H12ClN3OS. The molecule has 1 aromatic heterocycles. The molecule has 1 aliphatic carbocycles. The maximum Gasteiger partial charge on any atom is 0.272 e. The fourth-order valence-corrected chi connectivity index (χ4v) is 2.61. The van der Waals surface area contributed by atoms with Gasteiger partial charge in [-0.3, -0.25) is 4.79 Å². The second-order valence-corrected chi connectivity index (χ2v) is 4.88. The maximum absolute atomic E-state index is 11.5. The second-order valence-electron chi connectivity index (χ2n) is 3.71. The Morgan fingerprint density at radius 3 is 3.13 bits per heavy atom. The van der Waals surface area contributed by atoms with Crippen LogP contribution in [0.25, 0.3) is 0 Å². The van der Waals surface area contributed by atoms with Gasteiger partial charge in [0.15, 0.2) is 5.69 Å². The first kappa shape index (κ1) is 10.8. The van der Waals surface area contributed by atoms with E-state index < -0.39 is 0 Å². The lowest BCUT2D eigenvalue weighted by Gasteiger charge is -2.13. The number of rotatable bonds is 3. The largest absolute Gasteiger partial charge is 0.350 e. The Kier molecular flexibility index (Phi) is 3.53. The summed E-state index contributed by atoms with van der Waals surface area (Å²) in [6.07, 6.45) is 3.32. The van der Waals surface area contributed by atoms with Crippen LogP contribution in [0.4, 0.5) is 0 Å². The predicted octanol–water partition coefficient (Wildman–Crippen LogP) is 1.68. The van der Waals surface area contributed by atoms with Gasteiger partial charge in [-0.1, -0.05) is 10.9 Å². The number of hydrogen-bond acceptors (Lipinski definition) is 4. The van der Waals surface area contributed by atoms with Crippen molar-refractivity contribution in [2.24, 2.45) is 5.92 Å². The molecule has 2 unspecified atom stereocenters. The molecule has 82 valence electrons. The molecule has 0 radical (unpaired) electrons. The summed E-state index contributed by atoms with van der Waals surface area (Å²) in [6.45, 7) is 0.643. The van der Waals surface area contributed by atoms with Crippen LogP contribution in [0.3, 0.4) is 0 Å². The third kappa shape index (κ3) is 2.66. The molecule has 1 heterocycles. The van der Waals surface area contributed by atoms with E-state index in [0.717, 1.165) is 19.3 Å². The quantitative estimate of drug-likeness (QED) is 0.825. The fraction of sp³-hybridized carbons (Fsp3) is 0.667. The van der Waals surface area contributed by atoms with Gasteiger partial charge in [0.2, 0.25) is 0 Å². The lowest BCUT2D eigenvalue weighted by atomic mass is 10.1. The molecule has 0 spiro atoms. The minimum atomic E-state index is -0.153. The number of halogens is 1. The van der Waals surface area contributed by atoms with Gasteiger partial charge in [0.1, 0.15) is 0 Å². The third-order valence-corrected chi connectivity index (χ3v) is 3.76. The van der Waals surface area contributed by atoms with E-state index in [1.165, 1.54) is 11.5 Å². The molecule has 15 heavy (non-hydrogen) atoms. The summed E-state index contributed by atoms with van der Waals surface area (Å²) in [5.41, 5.74) is 0.393. The molecule has 1 N–H and O–H groups in total. The number of hydrogen-bond donors (Lipinski definition) is 1. The Hall–Kier alpha value is -0.680. The highest BCUT2D eigenvalue weighted by molar-refractivity contribution is 7.03. The van der Waals surface area contributed by atoms with E-state index in [1.54, 1.807) is 5.38 Å². The Labute approximate surface area is 97.2 Å². The number of alkyl halides is 1. The van der Waals surface area contributed by atoms with Crippen molar-refractivity contribution in [1.82, 2.24) is 14.9 Å².